The maximum absolute atomic E-state index is 12.8. The molecule has 114 valence electrons. The smallest absolute Gasteiger partial charge is 0.225 e. The molecule has 2 aromatic carbocycles. The van der Waals surface area contributed by atoms with Gasteiger partial charge in [0.1, 0.15) is 5.82 Å². The van der Waals surface area contributed by atoms with E-state index in [1.54, 1.807) is 24.3 Å². The summed E-state index contributed by atoms with van der Waals surface area (Å²) in [5.74, 6) is -3.03. The van der Waals surface area contributed by atoms with Crippen LogP contribution in [0.1, 0.15) is 12.0 Å². The van der Waals surface area contributed by atoms with Crippen LogP contribution in [0.5, 0.6) is 0 Å². The van der Waals surface area contributed by atoms with Crippen molar-refractivity contribution in [3.63, 3.8) is 0 Å². The van der Waals surface area contributed by atoms with Gasteiger partial charge < -0.3 is 15.2 Å². The van der Waals surface area contributed by atoms with Crippen molar-refractivity contribution in [3.05, 3.63) is 66.0 Å². The Hall–Kier alpha value is -2.69. The first-order valence-electron chi connectivity index (χ1n) is 6.85. The van der Waals surface area contributed by atoms with Crippen LogP contribution in [0.2, 0.25) is 0 Å². The van der Waals surface area contributed by atoms with E-state index >= 15 is 0 Å². The first-order chi connectivity index (χ1) is 10.5. The minimum atomic E-state index is -1.27. The number of rotatable bonds is 6. The highest BCUT2D eigenvalue weighted by atomic mass is 19.1. The predicted molar refractivity (Wildman–Crippen MR) is 78.3 cm³/mol. The summed E-state index contributed by atoms with van der Waals surface area (Å²) >= 11 is 0. The lowest BCUT2D eigenvalue weighted by Gasteiger charge is -2.17. The Balaban J connectivity index is 1.97. The summed E-state index contributed by atoms with van der Waals surface area (Å²) in [5.41, 5.74) is 1.24. The van der Waals surface area contributed by atoms with Gasteiger partial charge in [-0.15, -0.1) is 0 Å². The van der Waals surface area contributed by atoms with Gasteiger partial charge in [0, 0.05) is 24.0 Å². The third kappa shape index (κ3) is 4.70. The van der Waals surface area contributed by atoms with Crippen molar-refractivity contribution in [3.8, 4) is 0 Å². The number of halogens is 1. The Morgan fingerprint density at radius 1 is 1.05 bits per heavy atom. The van der Waals surface area contributed by atoms with Crippen LogP contribution in [0.4, 0.5) is 10.1 Å². The Morgan fingerprint density at radius 3 is 2.27 bits per heavy atom. The standard InChI is InChI=1S/C17H16FNO3/c18-14-6-8-15(9-7-14)19-16(20)11-13(17(21)22)10-12-4-2-1-3-5-12/h1-9,13H,10-11H2,(H,19,20)(H,21,22)/p-1/t13-/m1/s1. The molecule has 0 saturated carbocycles. The van der Waals surface area contributed by atoms with E-state index in [2.05, 4.69) is 5.32 Å². The molecule has 0 aliphatic rings. The van der Waals surface area contributed by atoms with Crippen LogP contribution in [0.25, 0.3) is 0 Å². The number of aliphatic carboxylic acids is 1. The van der Waals surface area contributed by atoms with Crippen LogP contribution < -0.4 is 10.4 Å². The number of nitrogens with one attached hydrogen (secondary N) is 1. The quantitative estimate of drug-likeness (QED) is 0.884. The van der Waals surface area contributed by atoms with Crippen LogP contribution in [0.15, 0.2) is 54.6 Å². The number of hydrogen-bond donors (Lipinski definition) is 1. The summed E-state index contributed by atoms with van der Waals surface area (Å²) in [6.07, 6.45) is 0.0224. The van der Waals surface area contributed by atoms with Crippen molar-refractivity contribution < 1.29 is 19.1 Å². The second kappa shape index (κ2) is 7.36. The normalized spacial score (nSPS) is 11.7. The van der Waals surface area contributed by atoms with Gasteiger partial charge >= 0.3 is 0 Å². The highest BCUT2D eigenvalue weighted by Gasteiger charge is 2.16. The minimum absolute atomic E-state index is 0.200. The van der Waals surface area contributed by atoms with Gasteiger partial charge in [0.15, 0.2) is 0 Å². The number of anilines is 1. The predicted octanol–water partition coefficient (Wildman–Crippen LogP) is 1.76. The fraction of sp³-hybridized carbons (Fsp3) is 0.176. The number of amides is 1. The molecule has 1 N–H and O–H groups in total. The SMILES string of the molecule is O=C(C[C@@H](Cc1ccccc1)C(=O)[O-])Nc1ccc(F)cc1. The van der Waals surface area contributed by atoms with Gasteiger partial charge in [-0.3, -0.25) is 4.79 Å². The largest absolute Gasteiger partial charge is 0.550 e. The highest BCUT2D eigenvalue weighted by molar-refractivity contribution is 5.92. The molecule has 22 heavy (non-hydrogen) atoms. The fourth-order valence-electron chi connectivity index (χ4n) is 2.11. The summed E-state index contributed by atoms with van der Waals surface area (Å²) in [5, 5.41) is 13.7. The number of carbonyl (C=O) groups excluding carboxylic acids is 2. The fourth-order valence-corrected chi connectivity index (χ4v) is 2.11. The molecule has 4 nitrogen and oxygen atoms in total. The maximum atomic E-state index is 12.8. The molecular formula is C17H15FNO3-. The molecule has 5 heteroatoms. The van der Waals surface area contributed by atoms with E-state index < -0.39 is 23.6 Å². The molecule has 0 heterocycles. The Morgan fingerprint density at radius 2 is 1.68 bits per heavy atom. The number of benzene rings is 2. The van der Waals surface area contributed by atoms with Crippen molar-refractivity contribution in [2.75, 3.05) is 5.32 Å². The molecule has 0 saturated heterocycles. The molecular weight excluding hydrogens is 285 g/mol. The van der Waals surface area contributed by atoms with E-state index in [0.29, 0.717) is 5.69 Å². The van der Waals surface area contributed by atoms with Gasteiger partial charge in [0.25, 0.3) is 0 Å². The molecule has 0 unspecified atom stereocenters. The van der Waals surface area contributed by atoms with E-state index in [1.807, 2.05) is 6.07 Å². The van der Waals surface area contributed by atoms with Crippen LogP contribution in [0.3, 0.4) is 0 Å². The minimum Gasteiger partial charge on any atom is -0.550 e. The van der Waals surface area contributed by atoms with E-state index in [0.717, 1.165) is 5.56 Å². The van der Waals surface area contributed by atoms with Crippen molar-refractivity contribution in [1.29, 1.82) is 0 Å². The lowest BCUT2D eigenvalue weighted by Crippen LogP contribution is -2.35. The highest BCUT2D eigenvalue weighted by Crippen LogP contribution is 2.14. The Labute approximate surface area is 127 Å². The second-order valence-electron chi connectivity index (χ2n) is 4.96. The lowest BCUT2D eigenvalue weighted by atomic mass is 9.96. The second-order valence-corrected chi connectivity index (χ2v) is 4.96. The van der Waals surface area contributed by atoms with E-state index in [9.17, 15) is 19.1 Å². The average Bonchev–Trinajstić information content (AvgIpc) is 2.50. The van der Waals surface area contributed by atoms with Gasteiger partial charge in [-0.2, -0.15) is 0 Å². The summed E-state index contributed by atoms with van der Waals surface area (Å²) in [6, 6.07) is 14.3. The molecule has 2 rings (SSSR count). The van der Waals surface area contributed by atoms with E-state index in [1.165, 1.54) is 24.3 Å². The zero-order valence-corrected chi connectivity index (χ0v) is 11.8. The van der Waals surface area contributed by atoms with Crippen LogP contribution in [-0.4, -0.2) is 11.9 Å². The van der Waals surface area contributed by atoms with Gasteiger partial charge in [-0.25, -0.2) is 4.39 Å². The first-order valence-corrected chi connectivity index (χ1v) is 6.85. The summed E-state index contributed by atoms with van der Waals surface area (Å²) < 4.78 is 12.8. The van der Waals surface area contributed by atoms with Crippen molar-refractivity contribution in [1.82, 2.24) is 0 Å². The third-order valence-corrected chi connectivity index (χ3v) is 3.22. The molecule has 0 aliphatic carbocycles. The Kier molecular flexibility index (Phi) is 5.25. The van der Waals surface area contributed by atoms with Gasteiger partial charge in [0.05, 0.1) is 0 Å². The number of carbonyl (C=O) groups is 2. The molecule has 0 aliphatic heterocycles. The monoisotopic (exact) mass is 300 g/mol. The number of hydrogen-bond acceptors (Lipinski definition) is 3. The van der Waals surface area contributed by atoms with E-state index in [4.69, 9.17) is 0 Å². The molecule has 1 amide bonds. The summed E-state index contributed by atoms with van der Waals surface area (Å²) in [6.45, 7) is 0. The van der Waals surface area contributed by atoms with Crippen molar-refractivity contribution >= 4 is 17.6 Å². The topological polar surface area (TPSA) is 69.2 Å². The van der Waals surface area contributed by atoms with Crippen molar-refractivity contribution in [2.45, 2.75) is 12.8 Å². The zero-order chi connectivity index (χ0) is 15.9. The molecule has 0 spiro atoms. The van der Waals surface area contributed by atoms with Crippen molar-refractivity contribution in [2.24, 2.45) is 5.92 Å². The van der Waals surface area contributed by atoms with Crippen LogP contribution in [-0.2, 0) is 16.0 Å². The van der Waals surface area contributed by atoms with Gasteiger partial charge in [-0.1, -0.05) is 30.3 Å². The zero-order valence-electron chi connectivity index (χ0n) is 11.8. The van der Waals surface area contributed by atoms with Crippen LogP contribution in [0, 0.1) is 11.7 Å². The van der Waals surface area contributed by atoms with E-state index in [-0.39, 0.29) is 12.8 Å². The molecule has 0 fully saturated rings. The molecule has 0 aromatic heterocycles. The summed E-state index contributed by atoms with van der Waals surface area (Å²) in [7, 11) is 0. The summed E-state index contributed by atoms with van der Waals surface area (Å²) in [4.78, 5) is 23.1. The number of carboxylic acid groups (broad SMARTS) is 1. The molecule has 2 aromatic rings. The molecule has 0 bridgehead atoms. The first kappa shape index (κ1) is 15.7. The lowest BCUT2D eigenvalue weighted by molar-refractivity contribution is -0.311. The third-order valence-electron chi connectivity index (χ3n) is 3.22. The average molecular weight is 300 g/mol. The number of carboxylic acids is 1. The molecule has 0 radical (unpaired) electrons. The van der Waals surface area contributed by atoms with Gasteiger partial charge in [-0.05, 0) is 36.2 Å². The van der Waals surface area contributed by atoms with Crippen LogP contribution >= 0.6 is 0 Å². The maximum Gasteiger partial charge on any atom is 0.225 e. The van der Waals surface area contributed by atoms with Gasteiger partial charge in [0.2, 0.25) is 5.91 Å². The molecule has 1 atom stereocenters. The Bertz CT molecular complexity index is 641.